The van der Waals surface area contributed by atoms with Crippen LogP contribution in [-0.4, -0.2) is 29.3 Å². The monoisotopic (exact) mass is 177 g/mol. The number of nitrogens with one attached hydrogen (secondary N) is 1. The molecule has 0 aliphatic rings. The van der Waals surface area contributed by atoms with E-state index in [9.17, 15) is 9.59 Å². The fourth-order valence-corrected chi connectivity index (χ4v) is 0.522. The molecule has 0 saturated heterocycles. The topological polar surface area (TPSA) is 66.4 Å². The van der Waals surface area contributed by atoms with Crippen molar-refractivity contribution in [3.05, 3.63) is 0 Å². The Bertz CT molecular complexity index is 160. The Kier molecular flexibility index (Phi) is 4.69. The SMILES string of the molecule is CC(CNC(=O)CS)C(=O)O. The molecule has 0 spiro atoms. The van der Waals surface area contributed by atoms with Gasteiger partial charge in [0.15, 0.2) is 0 Å². The number of amides is 1. The molecule has 0 fully saturated rings. The minimum absolute atomic E-state index is 0.0896. The van der Waals surface area contributed by atoms with E-state index < -0.39 is 11.9 Å². The van der Waals surface area contributed by atoms with E-state index in [-0.39, 0.29) is 18.2 Å². The van der Waals surface area contributed by atoms with Crippen LogP contribution in [0.3, 0.4) is 0 Å². The van der Waals surface area contributed by atoms with Crippen molar-refractivity contribution in [2.24, 2.45) is 5.92 Å². The Morgan fingerprint density at radius 3 is 2.55 bits per heavy atom. The second kappa shape index (κ2) is 5.01. The number of aliphatic carboxylic acids is 1. The maximum absolute atomic E-state index is 10.6. The average molecular weight is 177 g/mol. The van der Waals surface area contributed by atoms with E-state index in [1.807, 2.05) is 0 Å². The van der Waals surface area contributed by atoms with Crippen LogP contribution < -0.4 is 5.32 Å². The van der Waals surface area contributed by atoms with Crippen LogP contribution in [0.1, 0.15) is 6.92 Å². The summed E-state index contributed by atoms with van der Waals surface area (Å²) in [4.78, 5) is 20.8. The molecule has 0 aromatic rings. The molecule has 0 aliphatic carbocycles. The summed E-state index contributed by atoms with van der Waals surface area (Å²) in [7, 11) is 0. The average Bonchev–Trinajstić information content (AvgIpc) is 1.99. The lowest BCUT2D eigenvalue weighted by atomic mass is 10.2. The summed E-state index contributed by atoms with van der Waals surface area (Å²) in [6.07, 6.45) is 0. The van der Waals surface area contributed by atoms with Gasteiger partial charge >= 0.3 is 5.97 Å². The van der Waals surface area contributed by atoms with Gasteiger partial charge in [-0.05, 0) is 0 Å². The third-order valence-corrected chi connectivity index (χ3v) is 1.46. The molecule has 0 bridgehead atoms. The number of hydrogen-bond donors (Lipinski definition) is 3. The highest BCUT2D eigenvalue weighted by molar-refractivity contribution is 7.81. The van der Waals surface area contributed by atoms with Crippen molar-refractivity contribution in [3.8, 4) is 0 Å². The molecule has 0 aromatic heterocycles. The van der Waals surface area contributed by atoms with Crippen molar-refractivity contribution < 1.29 is 14.7 Å². The summed E-state index contributed by atoms with van der Waals surface area (Å²) in [6, 6.07) is 0. The third kappa shape index (κ3) is 4.66. The first kappa shape index (κ1) is 10.3. The third-order valence-electron chi connectivity index (χ3n) is 1.17. The first-order valence-corrected chi connectivity index (χ1v) is 3.81. The minimum Gasteiger partial charge on any atom is -0.481 e. The number of carbonyl (C=O) groups is 2. The van der Waals surface area contributed by atoms with Crippen LogP contribution in [0.25, 0.3) is 0 Å². The Morgan fingerprint density at radius 2 is 2.18 bits per heavy atom. The molecule has 0 rings (SSSR count). The minimum atomic E-state index is -0.913. The lowest BCUT2D eigenvalue weighted by molar-refractivity contribution is -0.141. The predicted octanol–water partition coefficient (Wildman–Crippen LogP) is -0.247. The fourth-order valence-electron chi connectivity index (χ4n) is 0.410. The van der Waals surface area contributed by atoms with Crippen molar-refractivity contribution in [3.63, 3.8) is 0 Å². The van der Waals surface area contributed by atoms with Gasteiger partial charge in [0.25, 0.3) is 0 Å². The number of rotatable bonds is 4. The summed E-state index contributed by atoms with van der Waals surface area (Å²) in [6.45, 7) is 1.69. The van der Waals surface area contributed by atoms with E-state index in [4.69, 9.17) is 5.11 Å². The maximum atomic E-state index is 10.6. The van der Waals surface area contributed by atoms with E-state index in [1.54, 1.807) is 0 Å². The lowest BCUT2D eigenvalue weighted by Gasteiger charge is -2.06. The second-order valence-electron chi connectivity index (χ2n) is 2.20. The molecule has 11 heavy (non-hydrogen) atoms. The zero-order valence-electron chi connectivity index (χ0n) is 6.20. The quantitative estimate of drug-likeness (QED) is 0.519. The van der Waals surface area contributed by atoms with E-state index in [0.29, 0.717) is 0 Å². The molecular weight excluding hydrogens is 166 g/mol. The Morgan fingerprint density at radius 1 is 1.64 bits per heavy atom. The molecule has 1 atom stereocenters. The highest BCUT2D eigenvalue weighted by Crippen LogP contribution is 1.90. The Balaban J connectivity index is 3.54. The largest absolute Gasteiger partial charge is 0.481 e. The molecule has 1 amide bonds. The van der Waals surface area contributed by atoms with Crippen LogP contribution in [-0.2, 0) is 9.59 Å². The molecule has 1 unspecified atom stereocenters. The molecule has 0 radical (unpaired) electrons. The number of carboxylic acid groups (broad SMARTS) is 1. The zero-order valence-corrected chi connectivity index (χ0v) is 7.10. The summed E-state index contributed by atoms with van der Waals surface area (Å²) in [5.74, 6) is -1.61. The van der Waals surface area contributed by atoms with Gasteiger partial charge in [0.05, 0.1) is 11.7 Å². The van der Waals surface area contributed by atoms with Gasteiger partial charge in [0, 0.05) is 6.54 Å². The van der Waals surface area contributed by atoms with Gasteiger partial charge in [-0.3, -0.25) is 9.59 Å². The fraction of sp³-hybridized carbons (Fsp3) is 0.667. The molecule has 64 valence electrons. The Labute approximate surface area is 70.4 Å². The van der Waals surface area contributed by atoms with Crippen LogP contribution in [0.5, 0.6) is 0 Å². The van der Waals surface area contributed by atoms with Crippen LogP contribution in [0.4, 0.5) is 0 Å². The summed E-state index contributed by atoms with van der Waals surface area (Å²) < 4.78 is 0. The highest BCUT2D eigenvalue weighted by Gasteiger charge is 2.10. The summed E-state index contributed by atoms with van der Waals surface area (Å²) in [5, 5.41) is 10.8. The molecule has 0 heterocycles. The molecule has 5 heteroatoms. The first-order chi connectivity index (χ1) is 5.07. The van der Waals surface area contributed by atoms with Gasteiger partial charge < -0.3 is 10.4 Å². The van der Waals surface area contributed by atoms with Crippen LogP contribution in [0, 0.1) is 5.92 Å². The molecular formula is C6H11NO3S. The van der Waals surface area contributed by atoms with Gasteiger partial charge in [-0.2, -0.15) is 12.6 Å². The maximum Gasteiger partial charge on any atom is 0.308 e. The molecule has 2 N–H and O–H groups in total. The van der Waals surface area contributed by atoms with Gasteiger partial charge in [-0.25, -0.2) is 0 Å². The lowest BCUT2D eigenvalue weighted by Crippen LogP contribution is -2.32. The number of carboxylic acids is 1. The van der Waals surface area contributed by atoms with Crippen LogP contribution in [0.15, 0.2) is 0 Å². The van der Waals surface area contributed by atoms with Gasteiger partial charge in [0.1, 0.15) is 0 Å². The second-order valence-corrected chi connectivity index (χ2v) is 2.52. The van der Waals surface area contributed by atoms with E-state index in [0.717, 1.165) is 0 Å². The van der Waals surface area contributed by atoms with Gasteiger partial charge in [0.2, 0.25) is 5.91 Å². The first-order valence-electron chi connectivity index (χ1n) is 3.18. The molecule has 0 aromatic carbocycles. The van der Waals surface area contributed by atoms with E-state index >= 15 is 0 Å². The molecule has 0 aliphatic heterocycles. The Hall–Kier alpha value is -0.710. The normalized spacial score (nSPS) is 12.2. The predicted molar refractivity (Wildman–Crippen MR) is 43.7 cm³/mol. The van der Waals surface area contributed by atoms with Crippen molar-refractivity contribution >= 4 is 24.5 Å². The smallest absolute Gasteiger partial charge is 0.308 e. The van der Waals surface area contributed by atoms with Gasteiger partial charge in [-0.1, -0.05) is 6.92 Å². The molecule has 4 nitrogen and oxygen atoms in total. The molecule has 0 saturated carbocycles. The van der Waals surface area contributed by atoms with E-state index in [1.165, 1.54) is 6.92 Å². The zero-order chi connectivity index (χ0) is 8.85. The summed E-state index contributed by atoms with van der Waals surface area (Å²) in [5.41, 5.74) is 0. The number of hydrogen-bond acceptors (Lipinski definition) is 3. The highest BCUT2D eigenvalue weighted by atomic mass is 32.1. The van der Waals surface area contributed by atoms with Crippen molar-refractivity contribution in [1.82, 2.24) is 5.32 Å². The van der Waals surface area contributed by atoms with Crippen molar-refractivity contribution in [2.45, 2.75) is 6.92 Å². The standard InChI is InChI=1S/C6H11NO3S/c1-4(6(9)10)2-7-5(8)3-11/h4,11H,2-3H2,1H3,(H,7,8)(H,9,10). The van der Waals surface area contributed by atoms with Gasteiger partial charge in [-0.15, -0.1) is 0 Å². The van der Waals surface area contributed by atoms with Crippen molar-refractivity contribution in [2.75, 3.05) is 12.3 Å². The van der Waals surface area contributed by atoms with Crippen molar-refractivity contribution in [1.29, 1.82) is 0 Å². The summed E-state index contributed by atoms with van der Waals surface area (Å²) >= 11 is 3.71. The van der Waals surface area contributed by atoms with Crippen LogP contribution in [0.2, 0.25) is 0 Å². The van der Waals surface area contributed by atoms with Crippen LogP contribution >= 0.6 is 12.6 Å². The number of thiol groups is 1. The van der Waals surface area contributed by atoms with E-state index in [2.05, 4.69) is 17.9 Å². The number of carbonyl (C=O) groups excluding carboxylic acids is 1.